The molecule has 0 heterocycles. The summed E-state index contributed by atoms with van der Waals surface area (Å²) in [4.78, 5) is 20.5. The Kier molecular flexibility index (Phi) is 11.4. The van der Waals surface area contributed by atoms with Gasteiger partial charge in [0, 0.05) is 39.8 Å². The molecule has 0 rings (SSSR count). The van der Waals surface area contributed by atoms with E-state index in [1.807, 2.05) is 0 Å². The van der Waals surface area contributed by atoms with Crippen LogP contribution in [0.25, 0.3) is 0 Å². The van der Waals surface area contributed by atoms with Gasteiger partial charge in [0.2, 0.25) is 0 Å². The zero-order valence-corrected chi connectivity index (χ0v) is 10.0. The minimum atomic E-state index is -0.566. The van der Waals surface area contributed by atoms with Crippen LogP contribution in [0.2, 0.25) is 0 Å². The molecule has 0 aromatic heterocycles. The van der Waals surface area contributed by atoms with E-state index >= 15 is 0 Å². The van der Waals surface area contributed by atoms with Crippen LogP contribution in [0.1, 0.15) is 13.3 Å². The second kappa shape index (κ2) is 9.29. The van der Waals surface area contributed by atoms with Gasteiger partial charge in [-0.25, -0.2) is 11.1 Å². The fourth-order valence-electron chi connectivity index (χ4n) is 0.623. The van der Waals surface area contributed by atoms with Gasteiger partial charge in [-0.15, -0.1) is 0 Å². The summed E-state index contributed by atoms with van der Waals surface area (Å²) in [5.41, 5.74) is 0. The van der Waals surface area contributed by atoms with Crippen molar-refractivity contribution in [3.8, 4) is 0 Å². The number of carbonyl (C=O) groups is 1. The Bertz CT molecular complexity index is 133. The van der Waals surface area contributed by atoms with Crippen LogP contribution in [0.3, 0.4) is 0 Å². The minimum absolute atomic E-state index is 0. The average molecular weight is 248 g/mol. The number of rotatable bonds is 5. The molecule has 67 valence electrons. The smallest absolute Gasteiger partial charge is 0.332 e. The van der Waals surface area contributed by atoms with Crippen LogP contribution in [0.4, 0.5) is 0 Å². The molecule has 0 amide bonds. The normalized spacial score (nSPS) is 11.2. The molecule has 0 spiro atoms. The first-order chi connectivity index (χ1) is 5.26. The predicted octanol–water partition coefficient (Wildman–Crippen LogP) is 0.0618. The predicted molar refractivity (Wildman–Crippen MR) is 37.7 cm³/mol. The van der Waals surface area contributed by atoms with Gasteiger partial charge in [0.05, 0.1) is 0 Å². The second-order valence-electron chi connectivity index (χ2n) is 1.88. The van der Waals surface area contributed by atoms with Crippen LogP contribution >= 0.6 is 0 Å². The number of esters is 1. The van der Waals surface area contributed by atoms with Crippen molar-refractivity contribution in [2.45, 2.75) is 19.4 Å². The van der Waals surface area contributed by atoms with Gasteiger partial charge in [-0.1, -0.05) is 6.92 Å². The van der Waals surface area contributed by atoms with Gasteiger partial charge < -0.3 is 14.3 Å². The summed E-state index contributed by atoms with van der Waals surface area (Å²) < 4.78 is 9.20. The number of hydrogen-bond donors (Lipinski definition) is 0. The Balaban J connectivity index is 0. The van der Waals surface area contributed by atoms with Crippen LogP contribution in [-0.4, -0.2) is 32.1 Å². The molecule has 0 saturated carbocycles. The van der Waals surface area contributed by atoms with Gasteiger partial charge in [0.25, 0.3) is 0 Å². The Morgan fingerprint density at radius 3 is 2.50 bits per heavy atom. The summed E-state index contributed by atoms with van der Waals surface area (Å²) >= 11 is 0. The van der Waals surface area contributed by atoms with Gasteiger partial charge in [0.15, 0.2) is 6.10 Å². The zero-order chi connectivity index (χ0) is 8.69. The van der Waals surface area contributed by atoms with Gasteiger partial charge in [-0.3, -0.25) is 0 Å². The van der Waals surface area contributed by atoms with Crippen LogP contribution in [-0.2, 0) is 51.8 Å². The van der Waals surface area contributed by atoms with Gasteiger partial charge in [-0.2, -0.15) is 0 Å². The molecule has 0 aliphatic carbocycles. The maximum atomic E-state index is 10.8. The monoisotopic (exact) mass is 248 g/mol. The Morgan fingerprint density at radius 1 is 1.58 bits per heavy atom. The molecule has 1 radical (unpaired) electrons. The van der Waals surface area contributed by atoms with E-state index in [9.17, 15) is 9.59 Å². The van der Waals surface area contributed by atoms with Crippen molar-refractivity contribution in [1.82, 2.24) is 0 Å². The van der Waals surface area contributed by atoms with Crippen molar-refractivity contribution in [2.75, 3.05) is 13.7 Å². The molecule has 1 atom stereocenters. The third-order valence-electron chi connectivity index (χ3n) is 1.19. The minimum Gasteiger partial charge on any atom is -0.539 e. The summed E-state index contributed by atoms with van der Waals surface area (Å²) in [5, 5.41) is 0. The Hall–Kier alpha value is 0.204. The second-order valence-corrected chi connectivity index (χ2v) is 1.88. The summed E-state index contributed by atoms with van der Waals surface area (Å²) in [6.45, 7) is 1.47. The zero-order valence-electron chi connectivity index (χ0n) is 7.20. The summed E-state index contributed by atoms with van der Waals surface area (Å²) in [5.74, 6) is -0.515. The first kappa shape index (κ1) is 14.7. The first-order valence-corrected chi connectivity index (χ1v) is 3.30. The van der Waals surface area contributed by atoms with E-state index in [1.54, 1.807) is 6.92 Å². The maximum Gasteiger partial charge on any atom is 0.332 e. The Labute approximate surface area is 96.9 Å². The largest absolute Gasteiger partial charge is 0.539 e. The van der Waals surface area contributed by atoms with E-state index in [1.165, 1.54) is 13.4 Å². The molecule has 5 heteroatoms. The van der Waals surface area contributed by atoms with Crippen molar-refractivity contribution in [2.24, 2.45) is 0 Å². The molecule has 0 saturated heterocycles. The number of carbonyl (C=O) groups excluding carboxylic acids is 2. The van der Waals surface area contributed by atoms with E-state index in [2.05, 4.69) is 4.74 Å². The summed E-state index contributed by atoms with van der Waals surface area (Å²) in [6.07, 6.45) is 1.42. The van der Waals surface area contributed by atoms with Crippen LogP contribution < -0.4 is 0 Å². The van der Waals surface area contributed by atoms with Crippen molar-refractivity contribution in [1.29, 1.82) is 0 Å². The summed E-state index contributed by atoms with van der Waals surface area (Å²) in [7, 11) is 1.42. The molecular weight excluding hydrogens is 237 g/mol. The fraction of sp³-hybridized carbons (Fsp3) is 0.714. The van der Waals surface area contributed by atoms with Crippen LogP contribution in [0.5, 0.6) is 0 Å². The molecule has 0 aliphatic heterocycles. The standard InChI is InChI=1S/C7H11O4.Y/c1-3-6(10-2)7(9)11-5-4-8;/h6H,3,5H2,1-2H3;/q-1;. The summed E-state index contributed by atoms with van der Waals surface area (Å²) in [6, 6.07) is 0. The average Bonchev–Trinajstić information content (AvgIpc) is 2.03. The van der Waals surface area contributed by atoms with Crippen molar-refractivity contribution in [3.05, 3.63) is 0 Å². The number of ether oxygens (including phenoxy) is 2. The molecule has 0 N–H and O–H groups in total. The van der Waals surface area contributed by atoms with E-state index in [4.69, 9.17) is 4.74 Å². The third-order valence-corrected chi connectivity index (χ3v) is 1.19. The van der Waals surface area contributed by atoms with Crippen molar-refractivity contribution < 1.29 is 51.8 Å². The fourth-order valence-corrected chi connectivity index (χ4v) is 0.623. The topological polar surface area (TPSA) is 52.6 Å². The molecule has 4 nitrogen and oxygen atoms in total. The van der Waals surface area contributed by atoms with Crippen molar-refractivity contribution >= 4 is 12.3 Å². The third kappa shape index (κ3) is 5.80. The SMILES string of the molecule is CCC(OC)C(=O)OC[C-]=O.[Y]. The van der Waals surface area contributed by atoms with E-state index in [-0.39, 0.29) is 39.3 Å². The first-order valence-electron chi connectivity index (χ1n) is 3.30. The van der Waals surface area contributed by atoms with Crippen molar-refractivity contribution in [3.63, 3.8) is 0 Å². The molecule has 1 unspecified atom stereocenters. The van der Waals surface area contributed by atoms with Crippen LogP contribution in [0.15, 0.2) is 0 Å². The van der Waals surface area contributed by atoms with Gasteiger partial charge >= 0.3 is 5.97 Å². The van der Waals surface area contributed by atoms with E-state index in [0.717, 1.165) is 0 Å². The van der Waals surface area contributed by atoms with Gasteiger partial charge in [-0.05, 0) is 13.0 Å². The van der Waals surface area contributed by atoms with Gasteiger partial charge in [0.1, 0.15) is 0 Å². The van der Waals surface area contributed by atoms with E-state index < -0.39 is 12.1 Å². The molecular formula is C7H11O4Y-. The molecule has 0 aromatic rings. The number of methoxy groups -OCH3 is 1. The molecule has 0 aliphatic rings. The molecule has 0 fully saturated rings. The Morgan fingerprint density at radius 2 is 2.17 bits per heavy atom. The maximum absolute atomic E-state index is 10.8. The quantitative estimate of drug-likeness (QED) is 0.510. The van der Waals surface area contributed by atoms with E-state index in [0.29, 0.717) is 6.42 Å². The number of hydrogen-bond acceptors (Lipinski definition) is 4. The molecule has 0 aromatic carbocycles. The molecule has 12 heavy (non-hydrogen) atoms. The molecule has 0 bridgehead atoms. The van der Waals surface area contributed by atoms with Crippen LogP contribution in [0, 0.1) is 0 Å².